The highest BCUT2D eigenvalue weighted by molar-refractivity contribution is 5.85. The monoisotopic (exact) mass is 284 g/mol. The third-order valence-electron chi connectivity index (χ3n) is 4.36. The molecule has 0 bridgehead atoms. The second-order valence-corrected chi connectivity index (χ2v) is 6.90. The van der Waals surface area contributed by atoms with E-state index in [9.17, 15) is 14.7 Å². The molecule has 0 aromatic rings. The van der Waals surface area contributed by atoms with E-state index in [0.717, 1.165) is 19.3 Å². The van der Waals surface area contributed by atoms with Crippen molar-refractivity contribution in [2.75, 3.05) is 19.6 Å². The van der Waals surface area contributed by atoms with Crippen molar-refractivity contribution in [3.63, 3.8) is 0 Å². The van der Waals surface area contributed by atoms with E-state index in [1.807, 2.05) is 11.8 Å². The van der Waals surface area contributed by atoms with Crippen LogP contribution in [0, 0.1) is 5.41 Å². The van der Waals surface area contributed by atoms with Crippen molar-refractivity contribution in [1.29, 1.82) is 0 Å². The van der Waals surface area contributed by atoms with Gasteiger partial charge in [0.1, 0.15) is 5.54 Å². The van der Waals surface area contributed by atoms with Gasteiger partial charge in [0.05, 0.1) is 0 Å². The van der Waals surface area contributed by atoms with E-state index >= 15 is 0 Å². The number of nitrogens with zero attached hydrogens (tertiary/aromatic N) is 2. The minimum absolute atomic E-state index is 0.155. The highest BCUT2D eigenvalue weighted by atomic mass is 16.4. The first-order valence-electron chi connectivity index (χ1n) is 7.42. The molecular weight excluding hydrogens is 256 g/mol. The van der Waals surface area contributed by atoms with Crippen molar-refractivity contribution in [3.8, 4) is 0 Å². The zero-order chi connectivity index (χ0) is 15.6. The molecule has 1 rings (SSSR count). The average Bonchev–Trinajstić information content (AvgIpc) is 2.50. The Morgan fingerprint density at radius 2 is 1.85 bits per heavy atom. The van der Waals surface area contributed by atoms with Crippen molar-refractivity contribution < 1.29 is 14.7 Å². The minimum atomic E-state index is -1.17. The number of amides is 2. The van der Waals surface area contributed by atoms with Crippen molar-refractivity contribution in [3.05, 3.63) is 0 Å². The second kappa shape index (κ2) is 6.02. The minimum Gasteiger partial charge on any atom is -0.480 e. The standard InChI is InChI=1S/C15H28N2O3/c1-6-17(15(4,5)12(18)19)13(20)16-10-7-8-14(2,3)9-11-16/h6-11H2,1-5H3,(H,18,19). The molecule has 1 aliphatic heterocycles. The Morgan fingerprint density at radius 3 is 2.35 bits per heavy atom. The molecule has 1 N–H and O–H groups in total. The van der Waals surface area contributed by atoms with Gasteiger partial charge in [-0.2, -0.15) is 0 Å². The van der Waals surface area contributed by atoms with Gasteiger partial charge in [0.15, 0.2) is 0 Å². The molecule has 0 aromatic heterocycles. The molecule has 0 saturated carbocycles. The number of carboxylic acids is 1. The van der Waals surface area contributed by atoms with E-state index in [1.165, 1.54) is 4.90 Å². The smallest absolute Gasteiger partial charge is 0.329 e. The van der Waals surface area contributed by atoms with Gasteiger partial charge < -0.3 is 14.9 Å². The Kier molecular flexibility index (Phi) is 5.05. The van der Waals surface area contributed by atoms with Gasteiger partial charge in [-0.05, 0) is 45.4 Å². The Labute approximate surface area is 121 Å². The zero-order valence-corrected chi connectivity index (χ0v) is 13.4. The van der Waals surface area contributed by atoms with Gasteiger partial charge in [0.2, 0.25) is 0 Å². The van der Waals surface area contributed by atoms with Crippen LogP contribution in [0.15, 0.2) is 0 Å². The maximum atomic E-state index is 12.6. The molecule has 116 valence electrons. The SMILES string of the molecule is CCN(C(=O)N1CCCC(C)(C)CC1)C(C)(C)C(=O)O. The van der Waals surface area contributed by atoms with Crippen LogP contribution in [0.25, 0.3) is 0 Å². The lowest BCUT2D eigenvalue weighted by Gasteiger charge is -2.38. The molecule has 2 amide bonds. The van der Waals surface area contributed by atoms with Gasteiger partial charge in [-0.25, -0.2) is 9.59 Å². The van der Waals surface area contributed by atoms with Crippen LogP contribution in [0.2, 0.25) is 0 Å². The summed E-state index contributed by atoms with van der Waals surface area (Å²) in [5.41, 5.74) is -0.915. The summed E-state index contributed by atoms with van der Waals surface area (Å²) in [4.78, 5) is 27.3. The number of likely N-dealkylation sites (tertiary alicyclic amines) is 1. The maximum absolute atomic E-state index is 12.6. The van der Waals surface area contributed by atoms with Gasteiger partial charge in [0, 0.05) is 19.6 Å². The Morgan fingerprint density at radius 1 is 1.25 bits per heavy atom. The number of carboxylic acid groups (broad SMARTS) is 1. The van der Waals surface area contributed by atoms with Crippen LogP contribution in [0.4, 0.5) is 4.79 Å². The third kappa shape index (κ3) is 3.64. The molecule has 1 saturated heterocycles. The van der Waals surface area contributed by atoms with Crippen LogP contribution < -0.4 is 0 Å². The zero-order valence-electron chi connectivity index (χ0n) is 13.4. The first kappa shape index (κ1) is 16.8. The number of urea groups is 1. The molecule has 0 spiro atoms. The first-order valence-corrected chi connectivity index (χ1v) is 7.42. The number of carbonyl (C=O) groups is 2. The lowest BCUT2D eigenvalue weighted by Crippen LogP contribution is -2.57. The number of carbonyl (C=O) groups excluding carboxylic acids is 1. The normalized spacial score (nSPS) is 19.4. The van der Waals surface area contributed by atoms with Crippen molar-refractivity contribution in [1.82, 2.24) is 9.80 Å². The highest BCUT2D eigenvalue weighted by Crippen LogP contribution is 2.30. The largest absolute Gasteiger partial charge is 0.480 e. The van der Waals surface area contributed by atoms with Crippen LogP contribution in [0.5, 0.6) is 0 Å². The number of hydrogen-bond donors (Lipinski definition) is 1. The Bertz CT molecular complexity index is 377. The lowest BCUT2D eigenvalue weighted by atomic mass is 9.85. The Balaban J connectivity index is 2.84. The van der Waals surface area contributed by atoms with Gasteiger partial charge in [-0.1, -0.05) is 13.8 Å². The molecule has 1 heterocycles. The number of aliphatic carboxylic acids is 1. The Hall–Kier alpha value is -1.26. The molecule has 0 unspecified atom stereocenters. The fourth-order valence-corrected chi connectivity index (χ4v) is 2.67. The predicted molar refractivity (Wildman–Crippen MR) is 78.7 cm³/mol. The van der Waals surface area contributed by atoms with E-state index in [1.54, 1.807) is 13.8 Å². The van der Waals surface area contributed by atoms with Crippen LogP contribution >= 0.6 is 0 Å². The number of likely N-dealkylation sites (N-methyl/N-ethyl adjacent to an activating group) is 1. The average molecular weight is 284 g/mol. The summed E-state index contributed by atoms with van der Waals surface area (Å²) in [5, 5.41) is 9.32. The molecule has 0 atom stereocenters. The van der Waals surface area contributed by atoms with E-state index in [4.69, 9.17) is 0 Å². The molecular formula is C15H28N2O3. The molecule has 1 aliphatic rings. The van der Waals surface area contributed by atoms with Gasteiger partial charge >= 0.3 is 12.0 Å². The summed E-state index contributed by atoms with van der Waals surface area (Å²) < 4.78 is 0. The van der Waals surface area contributed by atoms with Crippen LogP contribution in [0.3, 0.4) is 0 Å². The molecule has 0 aromatic carbocycles. The fraction of sp³-hybridized carbons (Fsp3) is 0.867. The first-order chi connectivity index (χ1) is 9.12. The summed E-state index contributed by atoms with van der Waals surface area (Å²) in [6, 6.07) is -0.155. The van der Waals surface area contributed by atoms with Gasteiger partial charge in [-0.15, -0.1) is 0 Å². The second-order valence-electron chi connectivity index (χ2n) is 6.90. The predicted octanol–water partition coefficient (Wildman–Crippen LogP) is 2.80. The van der Waals surface area contributed by atoms with Crippen LogP contribution in [0.1, 0.15) is 53.9 Å². The van der Waals surface area contributed by atoms with Crippen molar-refractivity contribution in [2.24, 2.45) is 5.41 Å². The topological polar surface area (TPSA) is 60.9 Å². The summed E-state index contributed by atoms with van der Waals surface area (Å²) >= 11 is 0. The maximum Gasteiger partial charge on any atom is 0.329 e. The molecule has 5 nitrogen and oxygen atoms in total. The summed E-state index contributed by atoms with van der Waals surface area (Å²) in [5.74, 6) is -0.970. The van der Waals surface area contributed by atoms with Crippen LogP contribution in [-0.4, -0.2) is 52.1 Å². The van der Waals surface area contributed by atoms with Crippen molar-refractivity contribution in [2.45, 2.75) is 59.4 Å². The third-order valence-corrected chi connectivity index (χ3v) is 4.36. The fourth-order valence-electron chi connectivity index (χ4n) is 2.67. The summed E-state index contributed by atoms with van der Waals surface area (Å²) in [6.45, 7) is 11.3. The molecule has 0 radical (unpaired) electrons. The number of rotatable bonds is 3. The summed E-state index contributed by atoms with van der Waals surface area (Å²) in [7, 11) is 0. The van der Waals surface area contributed by atoms with E-state index in [0.29, 0.717) is 19.6 Å². The molecule has 5 heteroatoms. The van der Waals surface area contributed by atoms with Gasteiger partial charge in [-0.3, -0.25) is 0 Å². The van der Waals surface area contributed by atoms with Crippen LogP contribution in [-0.2, 0) is 4.79 Å². The van der Waals surface area contributed by atoms with E-state index in [2.05, 4.69) is 13.8 Å². The van der Waals surface area contributed by atoms with E-state index < -0.39 is 11.5 Å². The van der Waals surface area contributed by atoms with Crippen molar-refractivity contribution >= 4 is 12.0 Å². The molecule has 20 heavy (non-hydrogen) atoms. The van der Waals surface area contributed by atoms with Gasteiger partial charge in [0.25, 0.3) is 0 Å². The quantitative estimate of drug-likeness (QED) is 0.867. The number of hydrogen-bond acceptors (Lipinski definition) is 2. The lowest BCUT2D eigenvalue weighted by molar-refractivity contribution is -0.147. The molecule has 1 fully saturated rings. The summed E-state index contributed by atoms with van der Waals surface area (Å²) in [6.07, 6.45) is 3.04. The highest BCUT2D eigenvalue weighted by Gasteiger charge is 2.39. The van der Waals surface area contributed by atoms with E-state index in [-0.39, 0.29) is 11.4 Å². The molecule has 0 aliphatic carbocycles.